The van der Waals surface area contributed by atoms with E-state index >= 15 is 0 Å². The number of terminal acetylenes is 1. The van der Waals surface area contributed by atoms with Gasteiger partial charge in [-0.2, -0.15) is 0 Å². The molecule has 3 rings (SSSR count). The number of amides is 1. The third-order valence-corrected chi connectivity index (χ3v) is 4.74. The van der Waals surface area contributed by atoms with Gasteiger partial charge in [0.15, 0.2) is 0 Å². The van der Waals surface area contributed by atoms with Crippen molar-refractivity contribution in [2.75, 3.05) is 13.1 Å². The Balaban J connectivity index is 1.87. The highest BCUT2D eigenvalue weighted by Gasteiger charge is 2.28. The van der Waals surface area contributed by atoms with Crippen molar-refractivity contribution in [3.8, 4) is 24.2 Å². The van der Waals surface area contributed by atoms with Crippen LogP contribution >= 0.6 is 0 Å². The molecule has 0 atom stereocenters. The lowest BCUT2D eigenvalue weighted by Crippen LogP contribution is -2.44. The first-order valence-corrected chi connectivity index (χ1v) is 10.4. The van der Waals surface area contributed by atoms with Gasteiger partial charge < -0.3 is 4.74 Å². The summed E-state index contributed by atoms with van der Waals surface area (Å²) in [6.07, 6.45) is 5.98. The molecule has 0 aliphatic carbocycles. The fourth-order valence-corrected chi connectivity index (χ4v) is 3.37. The summed E-state index contributed by atoms with van der Waals surface area (Å²) in [5.74, 6) is 9.77. The minimum absolute atomic E-state index is 0.365. The van der Waals surface area contributed by atoms with E-state index in [4.69, 9.17) is 11.2 Å². The molecule has 0 bridgehead atoms. The maximum absolute atomic E-state index is 12.7. The van der Waals surface area contributed by atoms with Crippen LogP contribution in [0, 0.1) is 38.0 Å². The number of benzene rings is 2. The number of ether oxygens (including phenoxy) is 1. The molecule has 0 fully saturated rings. The molecule has 4 heteroatoms. The molecule has 2 aromatic rings. The van der Waals surface area contributed by atoms with E-state index in [0.29, 0.717) is 18.9 Å². The Kier molecular flexibility index (Phi) is 6.52. The molecule has 1 aliphatic heterocycles. The average Bonchev–Trinajstić information content (AvgIpc) is 2.71. The molecular weight excluding hydrogens is 384 g/mol. The van der Waals surface area contributed by atoms with Crippen molar-refractivity contribution in [1.82, 2.24) is 4.90 Å². The number of aryl methyl sites for hydroxylation is 2. The molecule has 0 unspecified atom stereocenters. The Morgan fingerprint density at radius 1 is 1.10 bits per heavy atom. The van der Waals surface area contributed by atoms with Crippen LogP contribution in [-0.4, -0.2) is 35.5 Å². The number of carbonyl (C=O) groups is 1. The molecule has 0 saturated heterocycles. The number of carbonyl (C=O) groups excluding carboxylic acids is 1. The van der Waals surface area contributed by atoms with E-state index in [1.807, 2.05) is 71.0 Å². The van der Waals surface area contributed by atoms with Crippen LogP contribution in [-0.2, 0) is 4.74 Å². The lowest BCUT2D eigenvalue weighted by atomic mass is 10.0. The number of rotatable bonds is 1. The molecule has 0 radical (unpaired) electrons. The maximum atomic E-state index is 12.7. The van der Waals surface area contributed by atoms with Gasteiger partial charge >= 0.3 is 6.09 Å². The Morgan fingerprint density at radius 2 is 1.84 bits per heavy atom. The Labute approximate surface area is 185 Å². The molecule has 0 N–H and O–H groups in total. The predicted molar refractivity (Wildman–Crippen MR) is 125 cm³/mol. The Hall–Kier alpha value is -3.50. The summed E-state index contributed by atoms with van der Waals surface area (Å²) in [6.45, 7) is 10.9. The third kappa shape index (κ3) is 5.77. The Bertz CT molecular complexity index is 1130. The normalized spacial score (nSPS) is 13.5. The Morgan fingerprint density at radius 3 is 2.52 bits per heavy atom. The van der Waals surface area contributed by atoms with E-state index < -0.39 is 5.60 Å². The van der Waals surface area contributed by atoms with Gasteiger partial charge in [0.05, 0.1) is 0 Å². The standard InChI is InChI=1S/C27H28N2O2/c1-7-21-15-19(2)16-22(18-21)9-10-23-11-12-24(17-20(23)3)25-28-13-8-14-29(25)26(30)31-27(4,5)6/h1,11-12,15-18H,8,13-14H2,2-6H3. The van der Waals surface area contributed by atoms with Crippen molar-refractivity contribution < 1.29 is 9.53 Å². The van der Waals surface area contributed by atoms with Crippen molar-refractivity contribution >= 4 is 11.9 Å². The topological polar surface area (TPSA) is 41.9 Å². The number of amidine groups is 1. The third-order valence-electron chi connectivity index (χ3n) is 4.74. The largest absolute Gasteiger partial charge is 0.443 e. The zero-order valence-electron chi connectivity index (χ0n) is 18.9. The molecule has 0 saturated carbocycles. The first kappa shape index (κ1) is 22.2. The van der Waals surface area contributed by atoms with E-state index in [9.17, 15) is 4.79 Å². The fourth-order valence-electron chi connectivity index (χ4n) is 3.37. The number of nitrogens with zero attached hydrogens (tertiary/aromatic N) is 2. The van der Waals surface area contributed by atoms with Crippen LogP contribution < -0.4 is 0 Å². The summed E-state index contributed by atoms with van der Waals surface area (Å²) in [6, 6.07) is 11.9. The molecule has 31 heavy (non-hydrogen) atoms. The first-order valence-electron chi connectivity index (χ1n) is 10.4. The molecule has 0 spiro atoms. The molecule has 4 nitrogen and oxygen atoms in total. The first-order chi connectivity index (χ1) is 14.7. The molecule has 1 heterocycles. The van der Waals surface area contributed by atoms with Gasteiger partial charge in [0, 0.05) is 35.3 Å². The zero-order valence-corrected chi connectivity index (χ0v) is 18.9. The van der Waals surface area contributed by atoms with Crippen LogP contribution in [0.4, 0.5) is 4.79 Å². The van der Waals surface area contributed by atoms with Crippen LogP contribution in [0.3, 0.4) is 0 Å². The average molecular weight is 413 g/mol. The van der Waals surface area contributed by atoms with Crippen LogP contribution in [0.2, 0.25) is 0 Å². The second kappa shape index (κ2) is 9.11. The molecule has 158 valence electrons. The number of hydrogen-bond donors (Lipinski definition) is 0. The van der Waals surface area contributed by atoms with Crippen LogP contribution in [0.5, 0.6) is 0 Å². The minimum Gasteiger partial charge on any atom is -0.443 e. The van der Waals surface area contributed by atoms with Gasteiger partial charge in [0.25, 0.3) is 0 Å². The quantitative estimate of drug-likeness (QED) is 0.614. The fraction of sp³-hybridized carbons (Fsp3) is 0.333. The predicted octanol–water partition coefficient (Wildman–Crippen LogP) is 5.07. The number of hydrogen-bond acceptors (Lipinski definition) is 3. The van der Waals surface area contributed by atoms with E-state index in [1.54, 1.807) is 4.90 Å². The van der Waals surface area contributed by atoms with E-state index in [2.05, 4.69) is 22.8 Å². The highest BCUT2D eigenvalue weighted by molar-refractivity contribution is 6.07. The molecule has 2 aromatic carbocycles. The second-order valence-electron chi connectivity index (χ2n) is 8.70. The van der Waals surface area contributed by atoms with Gasteiger partial charge in [-0.15, -0.1) is 6.42 Å². The minimum atomic E-state index is -0.552. The molecule has 0 aromatic heterocycles. The van der Waals surface area contributed by atoms with Crippen molar-refractivity contribution in [2.24, 2.45) is 4.99 Å². The smallest absolute Gasteiger partial charge is 0.416 e. The maximum Gasteiger partial charge on any atom is 0.416 e. The highest BCUT2D eigenvalue weighted by Crippen LogP contribution is 2.19. The van der Waals surface area contributed by atoms with Crippen LogP contribution in [0.15, 0.2) is 41.4 Å². The van der Waals surface area contributed by atoms with Gasteiger partial charge in [-0.05, 0) is 82.5 Å². The summed E-state index contributed by atoms with van der Waals surface area (Å²) in [4.78, 5) is 18.9. The van der Waals surface area contributed by atoms with Gasteiger partial charge in [-0.3, -0.25) is 9.89 Å². The SMILES string of the molecule is C#Cc1cc(C)cc(C#Cc2ccc(C3=NCCCN3C(=O)OC(C)(C)C)cc2C)c1. The van der Waals surface area contributed by atoms with Gasteiger partial charge in [-0.25, -0.2) is 4.79 Å². The summed E-state index contributed by atoms with van der Waals surface area (Å²) in [5.41, 5.74) is 5.09. The molecular formula is C27H28N2O2. The van der Waals surface area contributed by atoms with Crippen LogP contribution in [0.1, 0.15) is 60.6 Å². The van der Waals surface area contributed by atoms with Crippen LogP contribution in [0.25, 0.3) is 0 Å². The van der Waals surface area contributed by atoms with E-state index in [0.717, 1.165) is 39.8 Å². The van der Waals surface area contributed by atoms with Crippen molar-refractivity contribution in [1.29, 1.82) is 0 Å². The van der Waals surface area contributed by atoms with E-state index in [1.165, 1.54) is 0 Å². The summed E-state index contributed by atoms with van der Waals surface area (Å²) in [5, 5.41) is 0. The monoisotopic (exact) mass is 412 g/mol. The van der Waals surface area contributed by atoms with Crippen molar-refractivity contribution in [2.45, 2.75) is 46.6 Å². The zero-order chi connectivity index (χ0) is 22.6. The van der Waals surface area contributed by atoms with Crippen molar-refractivity contribution in [3.05, 3.63) is 69.8 Å². The number of aliphatic imine (C=N–C) groups is 1. The van der Waals surface area contributed by atoms with E-state index in [-0.39, 0.29) is 6.09 Å². The summed E-state index contributed by atoms with van der Waals surface area (Å²) < 4.78 is 5.57. The summed E-state index contributed by atoms with van der Waals surface area (Å²) in [7, 11) is 0. The molecule has 1 amide bonds. The van der Waals surface area contributed by atoms with Gasteiger partial charge in [0.2, 0.25) is 0 Å². The van der Waals surface area contributed by atoms with Gasteiger partial charge in [0.1, 0.15) is 11.4 Å². The summed E-state index contributed by atoms with van der Waals surface area (Å²) >= 11 is 0. The lowest BCUT2D eigenvalue weighted by Gasteiger charge is -2.30. The van der Waals surface area contributed by atoms with Gasteiger partial charge in [-0.1, -0.05) is 23.8 Å². The molecule has 1 aliphatic rings. The highest BCUT2D eigenvalue weighted by atomic mass is 16.6. The second-order valence-corrected chi connectivity index (χ2v) is 8.70. The lowest BCUT2D eigenvalue weighted by molar-refractivity contribution is 0.0364. The van der Waals surface area contributed by atoms with Crippen molar-refractivity contribution in [3.63, 3.8) is 0 Å².